The van der Waals surface area contributed by atoms with Crippen molar-refractivity contribution in [3.63, 3.8) is 0 Å². The molecule has 0 amide bonds. The Balaban J connectivity index is 1.54. The zero-order valence-electron chi connectivity index (χ0n) is 14.5. The van der Waals surface area contributed by atoms with Gasteiger partial charge in [0.05, 0.1) is 7.11 Å². The SMILES string of the molecule is COc1ccc(-c2cc(COC(=O)C(C)Sc3ccccc3)on2)cc1. The van der Waals surface area contributed by atoms with Crippen LogP contribution in [0.4, 0.5) is 0 Å². The van der Waals surface area contributed by atoms with E-state index in [2.05, 4.69) is 5.16 Å². The number of aromatic nitrogens is 1. The molecule has 0 N–H and O–H groups in total. The zero-order chi connectivity index (χ0) is 18.4. The van der Waals surface area contributed by atoms with Crippen LogP contribution in [-0.4, -0.2) is 23.5 Å². The summed E-state index contributed by atoms with van der Waals surface area (Å²) in [7, 11) is 1.62. The Hall–Kier alpha value is -2.73. The molecule has 0 aliphatic carbocycles. The summed E-state index contributed by atoms with van der Waals surface area (Å²) < 4.78 is 15.7. The minimum Gasteiger partial charge on any atom is -0.497 e. The number of carbonyl (C=O) groups excluding carboxylic acids is 1. The Morgan fingerprint density at radius 1 is 1.15 bits per heavy atom. The molecule has 0 spiro atoms. The maximum atomic E-state index is 12.1. The van der Waals surface area contributed by atoms with E-state index in [-0.39, 0.29) is 17.8 Å². The molecule has 5 nitrogen and oxygen atoms in total. The van der Waals surface area contributed by atoms with Gasteiger partial charge in [0.15, 0.2) is 12.4 Å². The van der Waals surface area contributed by atoms with Gasteiger partial charge in [0, 0.05) is 16.5 Å². The van der Waals surface area contributed by atoms with Crippen LogP contribution in [0.2, 0.25) is 0 Å². The lowest BCUT2D eigenvalue weighted by molar-refractivity contribution is -0.144. The number of esters is 1. The number of nitrogens with zero attached hydrogens (tertiary/aromatic N) is 1. The highest BCUT2D eigenvalue weighted by Crippen LogP contribution is 2.25. The van der Waals surface area contributed by atoms with Gasteiger partial charge in [-0.15, -0.1) is 11.8 Å². The largest absolute Gasteiger partial charge is 0.497 e. The number of rotatable bonds is 7. The zero-order valence-corrected chi connectivity index (χ0v) is 15.4. The minimum absolute atomic E-state index is 0.0572. The van der Waals surface area contributed by atoms with Crippen LogP contribution in [0.3, 0.4) is 0 Å². The summed E-state index contributed by atoms with van der Waals surface area (Å²) in [5, 5.41) is 3.72. The second-order valence-corrected chi connectivity index (χ2v) is 7.00. The molecule has 0 aliphatic rings. The standard InChI is InChI=1S/C20H19NO4S/c1-14(26-18-6-4-3-5-7-18)20(22)24-13-17-12-19(21-25-17)15-8-10-16(23-2)11-9-15/h3-12,14H,13H2,1-2H3. The Morgan fingerprint density at radius 3 is 2.58 bits per heavy atom. The van der Waals surface area contributed by atoms with E-state index in [1.807, 2.05) is 61.5 Å². The predicted octanol–water partition coefficient (Wildman–Crippen LogP) is 4.57. The molecule has 26 heavy (non-hydrogen) atoms. The molecule has 6 heteroatoms. The summed E-state index contributed by atoms with van der Waals surface area (Å²) in [4.78, 5) is 13.2. The third-order valence-corrected chi connectivity index (χ3v) is 4.78. The van der Waals surface area contributed by atoms with Crippen LogP contribution < -0.4 is 4.74 Å². The van der Waals surface area contributed by atoms with Crippen LogP contribution in [0.1, 0.15) is 12.7 Å². The van der Waals surface area contributed by atoms with Gasteiger partial charge >= 0.3 is 5.97 Å². The van der Waals surface area contributed by atoms with Crippen LogP contribution >= 0.6 is 11.8 Å². The number of ether oxygens (including phenoxy) is 2. The fraction of sp³-hybridized carbons (Fsp3) is 0.200. The first-order chi connectivity index (χ1) is 12.7. The lowest BCUT2D eigenvalue weighted by Crippen LogP contribution is -2.16. The van der Waals surface area contributed by atoms with Gasteiger partial charge in [0.1, 0.15) is 16.7 Å². The second-order valence-electron chi connectivity index (χ2n) is 5.59. The molecule has 0 saturated heterocycles. The van der Waals surface area contributed by atoms with Crippen molar-refractivity contribution in [2.24, 2.45) is 0 Å². The molecule has 1 heterocycles. The van der Waals surface area contributed by atoms with Crippen LogP contribution in [0.25, 0.3) is 11.3 Å². The molecule has 1 unspecified atom stereocenters. The maximum Gasteiger partial charge on any atom is 0.319 e. The van der Waals surface area contributed by atoms with Gasteiger partial charge in [-0.3, -0.25) is 4.79 Å². The third-order valence-electron chi connectivity index (χ3n) is 3.69. The van der Waals surface area contributed by atoms with Crippen LogP contribution in [0.15, 0.2) is 70.1 Å². The molecule has 0 radical (unpaired) electrons. The van der Waals surface area contributed by atoms with Gasteiger partial charge in [0.2, 0.25) is 0 Å². The highest BCUT2D eigenvalue weighted by molar-refractivity contribution is 8.00. The van der Waals surface area contributed by atoms with E-state index in [0.717, 1.165) is 16.2 Å². The lowest BCUT2D eigenvalue weighted by Gasteiger charge is -2.10. The summed E-state index contributed by atoms with van der Waals surface area (Å²) in [5.41, 5.74) is 1.59. The molecule has 3 rings (SSSR count). The van der Waals surface area contributed by atoms with Crippen LogP contribution in [0.5, 0.6) is 5.75 Å². The molecule has 2 aromatic carbocycles. The van der Waals surface area contributed by atoms with Crippen molar-refractivity contribution in [1.29, 1.82) is 0 Å². The highest BCUT2D eigenvalue weighted by Gasteiger charge is 2.17. The smallest absolute Gasteiger partial charge is 0.319 e. The Bertz CT molecular complexity index is 846. The summed E-state index contributed by atoms with van der Waals surface area (Å²) in [6, 6.07) is 19.0. The molecule has 134 valence electrons. The number of thioether (sulfide) groups is 1. The van der Waals surface area contributed by atoms with Gasteiger partial charge in [-0.2, -0.15) is 0 Å². The minimum atomic E-state index is -0.304. The van der Waals surface area contributed by atoms with E-state index in [1.54, 1.807) is 13.2 Å². The summed E-state index contributed by atoms with van der Waals surface area (Å²) in [5.74, 6) is 0.985. The van der Waals surface area contributed by atoms with Crippen molar-refractivity contribution < 1.29 is 18.8 Å². The van der Waals surface area contributed by atoms with E-state index < -0.39 is 0 Å². The first-order valence-electron chi connectivity index (χ1n) is 8.14. The Labute approximate surface area is 156 Å². The topological polar surface area (TPSA) is 61.6 Å². The van der Waals surface area contributed by atoms with Gasteiger partial charge in [-0.1, -0.05) is 23.4 Å². The van der Waals surface area contributed by atoms with E-state index in [9.17, 15) is 4.79 Å². The van der Waals surface area contributed by atoms with Crippen LogP contribution in [0, 0.1) is 0 Å². The Morgan fingerprint density at radius 2 is 1.88 bits per heavy atom. The van der Waals surface area contributed by atoms with Crippen molar-refractivity contribution in [1.82, 2.24) is 5.16 Å². The fourth-order valence-corrected chi connectivity index (χ4v) is 3.18. The first-order valence-corrected chi connectivity index (χ1v) is 9.02. The van der Waals surface area contributed by atoms with Crippen molar-refractivity contribution >= 4 is 17.7 Å². The normalized spacial score (nSPS) is 11.8. The van der Waals surface area contributed by atoms with Crippen molar-refractivity contribution in [2.75, 3.05) is 7.11 Å². The third kappa shape index (κ3) is 4.67. The monoisotopic (exact) mass is 369 g/mol. The number of hydrogen-bond acceptors (Lipinski definition) is 6. The van der Waals surface area contributed by atoms with E-state index in [0.29, 0.717) is 11.5 Å². The number of carbonyl (C=O) groups is 1. The van der Waals surface area contributed by atoms with E-state index in [1.165, 1.54) is 11.8 Å². The molecule has 3 aromatic rings. The Kier molecular flexibility index (Phi) is 5.96. The van der Waals surface area contributed by atoms with Gasteiger partial charge < -0.3 is 14.0 Å². The van der Waals surface area contributed by atoms with E-state index >= 15 is 0 Å². The fourth-order valence-electron chi connectivity index (χ4n) is 2.29. The quantitative estimate of drug-likeness (QED) is 0.449. The van der Waals surface area contributed by atoms with Gasteiger partial charge in [0.25, 0.3) is 0 Å². The average molecular weight is 369 g/mol. The van der Waals surface area contributed by atoms with Gasteiger partial charge in [-0.25, -0.2) is 0 Å². The predicted molar refractivity (Wildman–Crippen MR) is 100 cm³/mol. The molecule has 0 aliphatic heterocycles. The lowest BCUT2D eigenvalue weighted by atomic mass is 10.1. The molecule has 1 aromatic heterocycles. The molecule has 1 atom stereocenters. The molecule has 0 saturated carbocycles. The first kappa shape index (κ1) is 18.1. The highest BCUT2D eigenvalue weighted by atomic mass is 32.2. The summed E-state index contributed by atoms with van der Waals surface area (Å²) in [6.45, 7) is 1.88. The number of hydrogen-bond donors (Lipinski definition) is 0. The molecular weight excluding hydrogens is 350 g/mol. The number of methoxy groups -OCH3 is 1. The van der Waals surface area contributed by atoms with Crippen molar-refractivity contribution in [3.8, 4) is 17.0 Å². The number of benzene rings is 2. The molecule has 0 fully saturated rings. The summed E-state index contributed by atoms with van der Waals surface area (Å²) >= 11 is 1.46. The maximum absolute atomic E-state index is 12.1. The van der Waals surface area contributed by atoms with Gasteiger partial charge in [-0.05, 0) is 43.3 Å². The van der Waals surface area contributed by atoms with Crippen molar-refractivity contribution in [3.05, 3.63) is 66.4 Å². The molecule has 0 bridgehead atoms. The molecular formula is C20H19NO4S. The van der Waals surface area contributed by atoms with Crippen LogP contribution in [-0.2, 0) is 16.1 Å². The summed E-state index contributed by atoms with van der Waals surface area (Å²) in [6.07, 6.45) is 0. The van der Waals surface area contributed by atoms with Crippen molar-refractivity contribution in [2.45, 2.75) is 23.7 Å². The van der Waals surface area contributed by atoms with E-state index in [4.69, 9.17) is 14.0 Å². The average Bonchev–Trinajstić information content (AvgIpc) is 3.16. The second kappa shape index (κ2) is 8.58.